The van der Waals surface area contributed by atoms with E-state index < -0.39 is 29.6 Å². The quantitative estimate of drug-likeness (QED) is 0.542. The number of aliphatic carboxylic acids is 1. The first-order chi connectivity index (χ1) is 16.3. The van der Waals surface area contributed by atoms with Crippen molar-refractivity contribution in [2.45, 2.75) is 23.9 Å². The Balaban J connectivity index is 1.43. The van der Waals surface area contributed by atoms with Crippen LogP contribution >= 0.6 is 0 Å². The SMILES string of the molecule is CN(C)C[C@H](NC(=O)OCC1c2ccccc2-c2ccccc21)C(=O)NC1(C(=O)O)CCOC1. The van der Waals surface area contributed by atoms with Gasteiger partial charge < -0.3 is 30.1 Å². The number of carboxylic acids is 1. The third kappa shape index (κ3) is 4.76. The maximum Gasteiger partial charge on any atom is 0.407 e. The van der Waals surface area contributed by atoms with Crippen molar-refractivity contribution in [3.63, 3.8) is 0 Å². The Bertz CT molecular complexity index is 1030. The van der Waals surface area contributed by atoms with Crippen LogP contribution in [-0.2, 0) is 19.1 Å². The summed E-state index contributed by atoms with van der Waals surface area (Å²) in [6.45, 7) is 0.411. The smallest absolute Gasteiger partial charge is 0.407 e. The van der Waals surface area contributed by atoms with E-state index in [1.807, 2.05) is 36.4 Å². The molecular weight excluding hydrogens is 438 g/mol. The molecule has 9 nitrogen and oxygen atoms in total. The molecule has 4 rings (SSSR count). The summed E-state index contributed by atoms with van der Waals surface area (Å²) < 4.78 is 10.8. The van der Waals surface area contributed by atoms with Crippen LogP contribution in [0.5, 0.6) is 0 Å². The van der Waals surface area contributed by atoms with E-state index in [0.717, 1.165) is 22.3 Å². The van der Waals surface area contributed by atoms with E-state index in [4.69, 9.17) is 9.47 Å². The number of nitrogens with zero attached hydrogens (tertiary/aromatic N) is 1. The largest absolute Gasteiger partial charge is 0.479 e. The molecule has 2 aliphatic rings. The van der Waals surface area contributed by atoms with E-state index >= 15 is 0 Å². The lowest BCUT2D eigenvalue weighted by molar-refractivity contribution is -0.148. The fourth-order valence-electron chi connectivity index (χ4n) is 4.55. The van der Waals surface area contributed by atoms with Gasteiger partial charge in [-0.2, -0.15) is 0 Å². The summed E-state index contributed by atoms with van der Waals surface area (Å²) in [5.41, 5.74) is 2.92. The molecule has 0 saturated carbocycles. The highest BCUT2D eigenvalue weighted by atomic mass is 16.5. The summed E-state index contributed by atoms with van der Waals surface area (Å²) >= 11 is 0. The highest BCUT2D eigenvalue weighted by molar-refractivity contribution is 5.91. The third-order valence-electron chi connectivity index (χ3n) is 6.29. The molecule has 1 aliphatic carbocycles. The Morgan fingerprint density at radius 1 is 1.12 bits per heavy atom. The van der Waals surface area contributed by atoms with E-state index in [1.54, 1.807) is 19.0 Å². The predicted molar refractivity (Wildman–Crippen MR) is 124 cm³/mol. The summed E-state index contributed by atoms with van der Waals surface area (Å²) in [7, 11) is 3.51. The summed E-state index contributed by atoms with van der Waals surface area (Å²) in [5, 5.41) is 14.8. The van der Waals surface area contributed by atoms with Gasteiger partial charge in [0.2, 0.25) is 5.91 Å². The standard InChI is InChI=1S/C25H29N3O6/c1-28(2)13-21(22(29)27-25(23(30)31)11-12-33-15-25)26-24(32)34-14-20-18-9-5-3-7-16(18)17-8-4-6-10-19(17)20/h3-10,20-21H,11-15H2,1-2H3,(H,26,32)(H,27,29)(H,30,31)/t21-,25?/m0/s1. The van der Waals surface area contributed by atoms with Gasteiger partial charge >= 0.3 is 12.1 Å². The summed E-state index contributed by atoms with van der Waals surface area (Å²) in [5.74, 6) is -1.87. The van der Waals surface area contributed by atoms with Gasteiger partial charge in [-0.05, 0) is 36.3 Å². The van der Waals surface area contributed by atoms with E-state index in [2.05, 4.69) is 22.8 Å². The van der Waals surface area contributed by atoms with Crippen LogP contribution in [0.3, 0.4) is 0 Å². The van der Waals surface area contributed by atoms with E-state index in [1.165, 1.54) is 0 Å². The summed E-state index contributed by atoms with van der Waals surface area (Å²) in [4.78, 5) is 39.1. The average Bonchev–Trinajstić information content (AvgIpc) is 3.41. The van der Waals surface area contributed by atoms with Gasteiger partial charge in [0.05, 0.1) is 6.61 Å². The molecular formula is C25H29N3O6. The van der Waals surface area contributed by atoms with Crippen molar-refractivity contribution in [3.05, 3.63) is 59.7 Å². The van der Waals surface area contributed by atoms with Crippen molar-refractivity contribution < 1.29 is 29.0 Å². The zero-order chi connectivity index (χ0) is 24.3. The highest BCUT2D eigenvalue weighted by Gasteiger charge is 2.45. The highest BCUT2D eigenvalue weighted by Crippen LogP contribution is 2.44. The zero-order valence-corrected chi connectivity index (χ0v) is 19.2. The lowest BCUT2D eigenvalue weighted by Crippen LogP contribution is -2.61. The molecule has 1 aliphatic heterocycles. The van der Waals surface area contributed by atoms with Gasteiger partial charge in [0, 0.05) is 25.5 Å². The van der Waals surface area contributed by atoms with Crippen LogP contribution in [-0.4, -0.2) is 80.0 Å². The van der Waals surface area contributed by atoms with Gasteiger partial charge in [0.25, 0.3) is 0 Å². The monoisotopic (exact) mass is 467 g/mol. The number of alkyl carbamates (subject to hydrolysis) is 1. The number of hydrogen-bond donors (Lipinski definition) is 3. The molecule has 1 unspecified atom stereocenters. The van der Waals surface area contributed by atoms with Crippen LogP contribution in [0.1, 0.15) is 23.5 Å². The van der Waals surface area contributed by atoms with Crippen LogP contribution < -0.4 is 10.6 Å². The fourth-order valence-corrected chi connectivity index (χ4v) is 4.55. The van der Waals surface area contributed by atoms with Gasteiger partial charge in [-0.3, -0.25) is 4.79 Å². The van der Waals surface area contributed by atoms with E-state index in [0.29, 0.717) is 0 Å². The number of carboxylic acid groups (broad SMARTS) is 1. The fraction of sp³-hybridized carbons (Fsp3) is 0.400. The topological polar surface area (TPSA) is 117 Å². The molecule has 3 N–H and O–H groups in total. The Labute approximate surface area is 198 Å². The number of likely N-dealkylation sites (N-methyl/N-ethyl adjacent to an activating group) is 1. The number of carbonyl (C=O) groups is 3. The Kier molecular flexibility index (Phi) is 6.85. The molecule has 9 heteroatoms. The minimum atomic E-state index is -1.50. The van der Waals surface area contributed by atoms with Gasteiger partial charge in [-0.25, -0.2) is 9.59 Å². The third-order valence-corrected chi connectivity index (χ3v) is 6.29. The summed E-state index contributed by atoms with van der Waals surface area (Å²) in [6, 6.07) is 15.0. The number of benzene rings is 2. The molecule has 1 heterocycles. The predicted octanol–water partition coefficient (Wildman–Crippen LogP) is 1.82. The second-order valence-corrected chi connectivity index (χ2v) is 8.96. The molecule has 180 valence electrons. The number of amides is 2. The number of rotatable bonds is 8. The van der Waals surface area contributed by atoms with Gasteiger partial charge in [0.1, 0.15) is 12.6 Å². The number of nitrogens with one attached hydrogen (secondary N) is 2. The molecule has 1 saturated heterocycles. The Morgan fingerprint density at radius 2 is 1.74 bits per heavy atom. The van der Waals surface area contributed by atoms with Gasteiger partial charge in [-0.1, -0.05) is 48.5 Å². The zero-order valence-electron chi connectivity index (χ0n) is 19.2. The van der Waals surface area contributed by atoms with Crippen LogP contribution in [0.15, 0.2) is 48.5 Å². The normalized spacial score (nSPS) is 19.9. The first kappa shape index (κ1) is 23.7. The van der Waals surface area contributed by atoms with Gasteiger partial charge in [0.15, 0.2) is 5.54 Å². The van der Waals surface area contributed by atoms with E-state index in [9.17, 15) is 19.5 Å². The number of hydrogen-bond acceptors (Lipinski definition) is 6. The summed E-state index contributed by atoms with van der Waals surface area (Å²) in [6.07, 6.45) is -0.579. The van der Waals surface area contributed by atoms with Crippen molar-refractivity contribution in [1.82, 2.24) is 15.5 Å². The molecule has 34 heavy (non-hydrogen) atoms. The molecule has 2 amide bonds. The number of ether oxygens (including phenoxy) is 2. The van der Waals surface area contributed by atoms with Crippen LogP contribution in [0.25, 0.3) is 11.1 Å². The second-order valence-electron chi connectivity index (χ2n) is 8.96. The molecule has 0 spiro atoms. The van der Waals surface area contributed by atoms with Crippen molar-refractivity contribution in [1.29, 1.82) is 0 Å². The molecule has 0 bridgehead atoms. The van der Waals surface area contributed by atoms with Crippen molar-refractivity contribution in [2.24, 2.45) is 0 Å². The molecule has 1 fully saturated rings. The van der Waals surface area contributed by atoms with Crippen molar-refractivity contribution in [2.75, 3.05) is 40.5 Å². The Hall–Kier alpha value is -3.43. The lowest BCUT2D eigenvalue weighted by atomic mass is 9.98. The first-order valence-electron chi connectivity index (χ1n) is 11.2. The molecule has 2 aromatic carbocycles. The molecule has 2 aromatic rings. The van der Waals surface area contributed by atoms with Crippen LogP contribution in [0, 0.1) is 0 Å². The Morgan fingerprint density at radius 3 is 2.26 bits per heavy atom. The average molecular weight is 468 g/mol. The van der Waals surface area contributed by atoms with Crippen LogP contribution in [0.4, 0.5) is 4.79 Å². The number of carbonyl (C=O) groups excluding carboxylic acids is 2. The maximum atomic E-state index is 12.9. The van der Waals surface area contributed by atoms with E-state index in [-0.39, 0.29) is 38.7 Å². The van der Waals surface area contributed by atoms with Crippen molar-refractivity contribution in [3.8, 4) is 11.1 Å². The molecule has 0 aromatic heterocycles. The second kappa shape index (κ2) is 9.82. The van der Waals surface area contributed by atoms with Crippen molar-refractivity contribution >= 4 is 18.0 Å². The minimum Gasteiger partial charge on any atom is -0.479 e. The number of fused-ring (bicyclic) bond motifs is 3. The minimum absolute atomic E-state index is 0.106. The van der Waals surface area contributed by atoms with Crippen LogP contribution in [0.2, 0.25) is 0 Å². The lowest BCUT2D eigenvalue weighted by Gasteiger charge is -2.28. The molecule has 0 radical (unpaired) electrons. The van der Waals surface area contributed by atoms with Gasteiger partial charge in [-0.15, -0.1) is 0 Å². The maximum absolute atomic E-state index is 12.9. The molecule has 2 atom stereocenters. The first-order valence-corrected chi connectivity index (χ1v) is 11.2.